The minimum absolute atomic E-state index is 0.0104. The van der Waals surface area contributed by atoms with E-state index in [0.717, 1.165) is 0 Å². The van der Waals surface area contributed by atoms with Gasteiger partial charge < -0.3 is 4.74 Å². The van der Waals surface area contributed by atoms with Crippen molar-refractivity contribution in [2.24, 2.45) is 7.05 Å². The molecule has 1 saturated heterocycles. The molecule has 2 heterocycles. The number of ether oxygens (including phenoxy) is 1. The van der Waals surface area contributed by atoms with Gasteiger partial charge in [-0.25, -0.2) is 13.1 Å². The Hall–Kier alpha value is -1.02. The van der Waals surface area contributed by atoms with Crippen LogP contribution in [-0.4, -0.2) is 53.5 Å². The molecule has 1 fully saturated rings. The summed E-state index contributed by atoms with van der Waals surface area (Å²) in [6.07, 6.45) is -0.742. The molecule has 0 spiro atoms. The number of nitriles is 1. The van der Waals surface area contributed by atoms with E-state index in [4.69, 9.17) is 10.00 Å². The molecule has 0 aromatic carbocycles. The number of aromatic nitrogens is 3. The Morgan fingerprint density at radius 2 is 2.33 bits per heavy atom. The second-order valence-corrected chi connectivity index (χ2v) is 6.26. The van der Waals surface area contributed by atoms with Gasteiger partial charge in [-0.15, -0.1) is 5.10 Å². The van der Waals surface area contributed by atoms with E-state index in [1.165, 1.54) is 16.0 Å². The van der Waals surface area contributed by atoms with E-state index in [1.807, 2.05) is 6.07 Å². The van der Waals surface area contributed by atoms with Gasteiger partial charge >= 0.3 is 0 Å². The van der Waals surface area contributed by atoms with Crippen LogP contribution in [0, 0.1) is 11.3 Å². The zero-order chi connectivity index (χ0) is 13.3. The molecule has 0 saturated carbocycles. The molecular formula is C8H10BrN5O3S. The zero-order valence-electron chi connectivity index (χ0n) is 9.45. The number of hydrogen-bond acceptors (Lipinski definition) is 6. The van der Waals surface area contributed by atoms with E-state index < -0.39 is 16.1 Å². The zero-order valence-corrected chi connectivity index (χ0v) is 11.8. The van der Waals surface area contributed by atoms with Crippen molar-refractivity contribution >= 4 is 26.0 Å². The average Bonchev–Trinajstić information content (AvgIpc) is 2.69. The van der Waals surface area contributed by atoms with E-state index in [9.17, 15) is 8.42 Å². The summed E-state index contributed by atoms with van der Waals surface area (Å²) in [5.74, 6) is 0. The van der Waals surface area contributed by atoms with Gasteiger partial charge in [0.15, 0.2) is 10.7 Å². The number of nitrogens with zero attached hydrogens (tertiary/aromatic N) is 5. The molecule has 2 rings (SSSR count). The highest BCUT2D eigenvalue weighted by molar-refractivity contribution is 9.10. The Balaban J connectivity index is 2.35. The minimum Gasteiger partial charge on any atom is -0.361 e. The molecule has 0 N–H and O–H groups in total. The number of morpholine rings is 1. The number of sulfonamides is 1. The summed E-state index contributed by atoms with van der Waals surface area (Å²) in [6.45, 7) is 0.412. The van der Waals surface area contributed by atoms with Gasteiger partial charge in [0.05, 0.1) is 19.2 Å². The lowest BCUT2D eigenvalue weighted by atomic mass is 10.3. The number of hydrogen-bond donors (Lipinski definition) is 0. The molecule has 1 aromatic heterocycles. The molecule has 1 aromatic rings. The summed E-state index contributed by atoms with van der Waals surface area (Å²) in [5.41, 5.74) is 0. The molecule has 0 radical (unpaired) electrons. The quantitative estimate of drug-likeness (QED) is 0.721. The van der Waals surface area contributed by atoms with Crippen LogP contribution in [0.15, 0.2) is 9.63 Å². The SMILES string of the molecule is Cn1nnc(Br)c1S(=O)(=O)N1CCOC(C#N)C1. The van der Waals surface area contributed by atoms with E-state index in [1.54, 1.807) is 0 Å². The first-order valence-electron chi connectivity index (χ1n) is 5.03. The first-order chi connectivity index (χ1) is 8.46. The van der Waals surface area contributed by atoms with E-state index in [0.29, 0.717) is 0 Å². The highest BCUT2D eigenvalue weighted by atomic mass is 79.9. The molecule has 18 heavy (non-hydrogen) atoms. The fourth-order valence-electron chi connectivity index (χ4n) is 1.64. The lowest BCUT2D eigenvalue weighted by Gasteiger charge is -2.28. The van der Waals surface area contributed by atoms with Crippen LogP contribution in [0.5, 0.6) is 0 Å². The fourth-order valence-corrected chi connectivity index (χ4v) is 4.10. The van der Waals surface area contributed by atoms with Crippen LogP contribution >= 0.6 is 15.9 Å². The Morgan fingerprint density at radius 1 is 1.61 bits per heavy atom. The van der Waals surface area contributed by atoms with Crippen molar-refractivity contribution in [3.63, 3.8) is 0 Å². The number of aryl methyl sites for hydroxylation is 1. The van der Waals surface area contributed by atoms with Crippen LogP contribution in [0.4, 0.5) is 0 Å². The van der Waals surface area contributed by atoms with Gasteiger partial charge in [0.25, 0.3) is 10.0 Å². The lowest BCUT2D eigenvalue weighted by molar-refractivity contribution is 0.0309. The Morgan fingerprint density at radius 3 is 2.89 bits per heavy atom. The summed E-state index contributed by atoms with van der Waals surface area (Å²) in [7, 11) is -2.24. The van der Waals surface area contributed by atoms with Gasteiger partial charge in [-0.2, -0.15) is 9.57 Å². The lowest BCUT2D eigenvalue weighted by Crippen LogP contribution is -2.45. The average molecular weight is 336 g/mol. The number of rotatable bonds is 2. The summed E-state index contributed by atoms with van der Waals surface area (Å²) < 4.78 is 32.4. The van der Waals surface area contributed by atoms with Crippen molar-refractivity contribution in [1.82, 2.24) is 19.3 Å². The summed E-state index contributed by atoms with van der Waals surface area (Å²) in [5, 5.41) is 16.0. The topological polar surface area (TPSA) is 101 Å². The molecule has 1 aliphatic rings. The van der Waals surface area contributed by atoms with Crippen molar-refractivity contribution in [2.75, 3.05) is 19.7 Å². The van der Waals surface area contributed by atoms with Gasteiger partial charge in [0.1, 0.15) is 0 Å². The van der Waals surface area contributed by atoms with Crippen LogP contribution < -0.4 is 0 Å². The molecular weight excluding hydrogens is 326 g/mol. The molecule has 1 atom stereocenters. The van der Waals surface area contributed by atoms with Crippen LogP contribution in [0.25, 0.3) is 0 Å². The third-order valence-corrected chi connectivity index (χ3v) is 5.25. The van der Waals surface area contributed by atoms with Gasteiger partial charge in [-0.05, 0) is 15.9 Å². The van der Waals surface area contributed by atoms with E-state index in [2.05, 4.69) is 26.2 Å². The van der Waals surface area contributed by atoms with E-state index in [-0.39, 0.29) is 29.3 Å². The largest absolute Gasteiger partial charge is 0.361 e. The van der Waals surface area contributed by atoms with Crippen molar-refractivity contribution in [3.05, 3.63) is 4.60 Å². The highest BCUT2D eigenvalue weighted by Gasteiger charge is 2.34. The van der Waals surface area contributed by atoms with Crippen LogP contribution in [0.2, 0.25) is 0 Å². The predicted octanol–water partition coefficient (Wildman–Crippen LogP) is -0.509. The van der Waals surface area contributed by atoms with Crippen molar-refractivity contribution in [1.29, 1.82) is 5.26 Å². The Bertz CT molecular complexity index is 573. The minimum atomic E-state index is -3.73. The Kier molecular flexibility index (Phi) is 3.67. The van der Waals surface area contributed by atoms with Crippen LogP contribution in [0.3, 0.4) is 0 Å². The predicted molar refractivity (Wildman–Crippen MR) is 62.8 cm³/mol. The normalized spacial score (nSPS) is 21.7. The van der Waals surface area contributed by atoms with Crippen LogP contribution in [0.1, 0.15) is 0 Å². The first-order valence-corrected chi connectivity index (χ1v) is 7.26. The summed E-state index contributed by atoms with van der Waals surface area (Å²) in [4.78, 5) is 0. The highest BCUT2D eigenvalue weighted by Crippen LogP contribution is 2.23. The van der Waals surface area contributed by atoms with E-state index >= 15 is 0 Å². The summed E-state index contributed by atoms with van der Waals surface area (Å²) >= 11 is 3.06. The monoisotopic (exact) mass is 335 g/mol. The third-order valence-electron chi connectivity index (χ3n) is 2.49. The van der Waals surface area contributed by atoms with Crippen molar-refractivity contribution < 1.29 is 13.2 Å². The smallest absolute Gasteiger partial charge is 0.263 e. The fraction of sp³-hybridized carbons (Fsp3) is 0.625. The standard InChI is InChI=1S/C8H10BrN5O3S/c1-13-8(7(9)11-12-13)18(15,16)14-2-3-17-6(4-10)5-14/h6H,2-3,5H2,1H3. The molecule has 0 amide bonds. The molecule has 10 heteroatoms. The van der Waals surface area contributed by atoms with Gasteiger partial charge in [0.2, 0.25) is 5.03 Å². The summed E-state index contributed by atoms with van der Waals surface area (Å²) in [6, 6.07) is 1.90. The maximum atomic E-state index is 12.4. The molecule has 0 bridgehead atoms. The maximum absolute atomic E-state index is 12.4. The first kappa shape index (κ1) is 13.4. The van der Waals surface area contributed by atoms with Gasteiger partial charge in [0, 0.05) is 13.6 Å². The van der Waals surface area contributed by atoms with Gasteiger partial charge in [-0.3, -0.25) is 0 Å². The second kappa shape index (κ2) is 4.93. The molecule has 1 aliphatic heterocycles. The molecule has 0 aliphatic carbocycles. The maximum Gasteiger partial charge on any atom is 0.263 e. The molecule has 1 unspecified atom stereocenters. The number of halogens is 1. The molecule has 8 nitrogen and oxygen atoms in total. The van der Waals surface area contributed by atoms with Crippen LogP contribution in [-0.2, 0) is 21.8 Å². The second-order valence-electron chi connectivity index (χ2n) is 3.66. The Labute approximate surface area is 112 Å². The van der Waals surface area contributed by atoms with Gasteiger partial charge in [-0.1, -0.05) is 5.21 Å². The molecule has 98 valence electrons. The van der Waals surface area contributed by atoms with Crippen molar-refractivity contribution in [3.8, 4) is 6.07 Å². The third kappa shape index (κ3) is 2.26. The van der Waals surface area contributed by atoms with Crippen molar-refractivity contribution in [2.45, 2.75) is 11.1 Å².